The third kappa shape index (κ3) is 6.50. The molecule has 5 rings (SSSR count). The van der Waals surface area contributed by atoms with Crippen molar-refractivity contribution >= 4 is 18.1 Å². The number of hydrogen-bond acceptors (Lipinski definition) is 4. The van der Waals surface area contributed by atoms with E-state index in [1.807, 2.05) is 30.3 Å². The monoisotopic (exact) mass is 534 g/mol. The molecule has 5 heteroatoms. The SMILES string of the molecule is CCOC(Cc1ccc(OCCOC2c3ccc(C)cc3C=Cc3cc(-c4ccccc4)ccc32)cc1)C(=O)O. The van der Waals surface area contributed by atoms with E-state index in [1.54, 1.807) is 6.92 Å². The Morgan fingerprint density at radius 2 is 1.52 bits per heavy atom. The minimum atomic E-state index is -0.956. The average molecular weight is 535 g/mol. The van der Waals surface area contributed by atoms with Gasteiger partial charge in [-0.3, -0.25) is 0 Å². The van der Waals surface area contributed by atoms with Gasteiger partial charge in [-0.25, -0.2) is 4.79 Å². The summed E-state index contributed by atoms with van der Waals surface area (Å²) in [5.41, 5.74) is 9.02. The van der Waals surface area contributed by atoms with Crippen LogP contribution in [0.25, 0.3) is 23.3 Å². The molecule has 0 radical (unpaired) electrons. The van der Waals surface area contributed by atoms with Crippen LogP contribution >= 0.6 is 0 Å². The summed E-state index contributed by atoms with van der Waals surface area (Å²) in [6.07, 6.45) is 3.60. The van der Waals surface area contributed by atoms with Gasteiger partial charge in [0.15, 0.2) is 6.10 Å². The molecule has 2 unspecified atom stereocenters. The Kier molecular flexibility index (Phi) is 8.74. The minimum Gasteiger partial charge on any atom is -0.491 e. The first-order valence-electron chi connectivity index (χ1n) is 13.7. The summed E-state index contributed by atoms with van der Waals surface area (Å²) in [5, 5.41) is 9.32. The molecule has 0 heterocycles. The number of carboxylic acid groups (broad SMARTS) is 1. The quantitative estimate of drug-likeness (QED) is 0.204. The number of rotatable bonds is 11. The summed E-state index contributed by atoms with van der Waals surface area (Å²) < 4.78 is 17.8. The number of fused-ring (bicyclic) bond motifs is 2. The van der Waals surface area contributed by atoms with Crippen molar-refractivity contribution in [2.75, 3.05) is 19.8 Å². The van der Waals surface area contributed by atoms with Crippen LogP contribution in [-0.2, 0) is 20.7 Å². The molecule has 0 bridgehead atoms. The van der Waals surface area contributed by atoms with Crippen molar-refractivity contribution in [3.63, 3.8) is 0 Å². The van der Waals surface area contributed by atoms with Crippen molar-refractivity contribution in [1.82, 2.24) is 0 Å². The Bertz CT molecular complexity index is 1470. The number of benzene rings is 4. The molecule has 1 aliphatic rings. The van der Waals surface area contributed by atoms with Crippen LogP contribution in [0.4, 0.5) is 0 Å². The Hall–Kier alpha value is -4.19. The molecule has 0 saturated heterocycles. The van der Waals surface area contributed by atoms with Gasteiger partial charge in [-0.05, 0) is 71.0 Å². The summed E-state index contributed by atoms with van der Waals surface area (Å²) in [6, 6.07) is 30.9. The van der Waals surface area contributed by atoms with Gasteiger partial charge in [-0.15, -0.1) is 0 Å². The lowest BCUT2D eigenvalue weighted by atomic mass is 9.93. The van der Waals surface area contributed by atoms with Crippen LogP contribution in [0, 0.1) is 6.92 Å². The number of aryl methyl sites for hydroxylation is 1. The van der Waals surface area contributed by atoms with E-state index >= 15 is 0 Å². The molecule has 0 aromatic heterocycles. The van der Waals surface area contributed by atoms with Gasteiger partial charge in [-0.2, -0.15) is 0 Å². The lowest BCUT2D eigenvalue weighted by molar-refractivity contribution is -0.149. The Morgan fingerprint density at radius 1 is 0.825 bits per heavy atom. The zero-order chi connectivity index (χ0) is 27.9. The minimum absolute atomic E-state index is 0.220. The largest absolute Gasteiger partial charge is 0.491 e. The number of ether oxygens (including phenoxy) is 3. The molecule has 0 amide bonds. The van der Waals surface area contributed by atoms with Gasteiger partial charge in [0, 0.05) is 13.0 Å². The van der Waals surface area contributed by atoms with Gasteiger partial charge in [0.05, 0.1) is 6.61 Å². The molecule has 0 fully saturated rings. The summed E-state index contributed by atoms with van der Waals surface area (Å²) in [5.74, 6) is -0.246. The first kappa shape index (κ1) is 27.4. The number of carboxylic acids is 1. The van der Waals surface area contributed by atoms with Gasteiger partial charge in [0.2, 0.25) is 0 Å². The predicted molar refractivity (Wildman–Crippen MR) is 158 cm³/mol. The molecule has 0 saturated carbocycles. The molecule has 1 N–H and O–H groups in total. The van der Waals surface area contributed by atoms with E-state index in [9.17, 15) is 9.90 Å². The van der Waals surface area contributed by atoms with Crippen LogP contribution in [0.5, 0.6) is 5.75 Å². The van der Waals surface area contributed by atoms with Crippen LogP contribution in [0.1, 0.15) is 46.4 Å². The number of hydrogen-bond donors (Lipinski definition) is 1. The van der Waals surface area contributed by atoms with Gasteiger partial charge in [0.25, 0.3) is 0 Å². The smallest absolute Gasteiger partial charge is 0.333 e. The third-order valence-electron chi connectivity index (χ3n) is 7.07. The third-order valence-corrected chi connectivity index (χ3v) is 7.07. The zero-order valence-electron chi connectivity index (χ0n) is 22.9. The van der Waals surface area contributed by atoms with E-state index in [0.29, 0.717) is 32.0 Å². The van der Waals surface area contributed by atoms with E-state index in [0.717, 1.165) is 27.8 Å². The fraction of sp³-hybridized carbons (Fsp3) is 0.229. The average Bonchev–Trinajstić information content (AvgIpc) is 3.12. The zero-order valence-corrected chi connectivity index (χ0v) is 22.9. The van der Waals surface area contributed by atoms with Gasteiger partial charge in [0.1, 0.15) is 18.5 Å². The maximum atomic E-state index is 11.4. The van der Waals surface area contributed by atoms with Crippen molar-refractivity contribution in [3.05, 3.63) is 124 Å². The summed E-state index contributed by atoms with van der Waals surface area (Å²) in [6.45, 7) is 5.05. The molecule has 40 heavy (non-hydrogen) atoms. The molecule has 4 aromatic carbocycles. The number of aliphatic carboxylic acids is 1. The van der Waals surface area contributed by atoms with E-state index in [-0.39, 0.29) is 6.10 Å². The Morgan fingerprint density at radius 3 is 2.23 bits per heavy atom. The van der Waals surface area contributed by atoms with Gasteiger partial charge >= 0.3 is 5.97 Å². The fourth-order valence-electron chi connectivity index (χ4n) is 5.05. The highest BCUT2D eigenvalue weighted by Gasteiger charge is 2.23. The molecule has 5 nitrogen and oxygen atoms in total. The Labute approximate surface area is 235 Å². The molecule has 0 aliphatic heterocycles. The molecule has 204 valence electrons. The molecule has 0 spiro atoms. The highest BCUT2D eigenvalue weighted by atomic mass is 16.5. The lowest BCUT2D eigenvalue weighted by Crippen LogP contribution is -2.26. The highest BCUT2D eigenvalue weighted by Crippen LogP contribution is 2.37. The van der Waals surface area contributed by atoms with Crippen molar-refractivity contribution < 1.29 is 24.1 Å². The maximum absolute atomic E-state index is 11.4. The summed E-state index contributed by atoms with van der Waals surface area (Å²) >= 11 is 0. The first-order chi connectivity index (χ1) is 19.5. The van der Waals surface area contributed by atoms with Crippen LogP contribution < -0.4 is 4.74 Å². The summed E-state index contributed by atoms with van der Waals surface area (Å²) in [4.78, 5) is 11.4. The van der Waals surface area contributed by atoms with Crippen molar-refractivity contribution in [1.29, 1.82) is 0 Å². The normalized spacial score (nSPS) is 14.6. The molecule has 4 aromatic rings. The standard InChI is InChI=1S/C35H34O5/c1-3-38-33(35(36)37)22-25-10-15-30(16-11-25)39-19-20-40-34-31-17-9-24(2)21-28(31)12-13-29-23-27(14-18-32(29)34)26-7-5-4-6-8-26/h4-18,21,23,33-34H,3,19-20,22H2,1-2H3,(H,36,37). The first-order valence-corrected chi connectivity index (χ1v) is 13.7. The predicted octanol–water partition coefficient (Wildman–Crippen LogP) is 7.36. The van der Waals surface area contributed by atoms with Crippen molar-refractivity contribution in [2.45, 2.75) is 32.5 Å². The van der Waals surface area contributed by atoms with Crippen LogP contribution in [0.3, 0.4) is 0 Å². The van der Waals surface area contributed by atoms with E-state index in [1.165, 1.54) is 16.7 Å². The molecular formula is C35H34O5. The van der Waals surface area contributed by atoms with E-state index < -0.39 is 12.1 Å². The van der Waals surface area contributed by atoms with Crippen molar-refractivity contribution in [2.24, 2.45) is 0 Å². The van der Waals surface area contributed by atoms with E-state index in [2.05, 4.69) is 79.7 Å². The van der Waals surface area contributed by atoms with Crippen LogP contribution in [0.15, 0.2) is 91.0 Å². The second-order valence-corrected chi connectivity index (χ2v) is 9.91. The maximum Gasteiger partial charge on any atom is 0.333 e. The van der Waals surface area contributed by atoms with Crippen LogP contribution in [-0.4, -0.2) is 37.0 Å². The van der Waals surface area contributed by atoms with Gasteiger partial charge in [-0.1, -0.05) is 90.5 Å². The second kappa shape index (κ2) is 12.8. The Balaban J connectivity index is 1.28. The highest BCUT2D eigenvalue weighted by molar-refractivity contribution is 5.79. The van der Waals surface area contributed by atoms with E-state index in [4.69, 9.17) is 14.2 Å². The molecule has 1 aliphatic carbocycles. The molecular weight excluding hydrogens is 500 g/mol. The number of carbonyl (C=O) groups is 1. The van der Waals surface area contributed by atoms with Crippen LogP contribution in [0.2, 0.25) is 0 Å². The fourth-order valence-corrected chi connectivity index (χ4v) is 5.05. The topological polar surface area (TPSA) is 65.0 Å². The van der Waals surface area contributed by atoms with Crippen molar-refractivity contribution in [3.8, 4) is 16.9 Å². The lowest BCUT2D eigenvalue weighted by Gasteiger charge is -2.22. The second-order valence-electron chi connectivity index (χ2n) is 9.91. The summed E-state index contributed by atoms with van der Waals surface area (Å²) in [7, 11) is 0. The van der Waals surface area contributed by atoms with Gasteiger partial charge < -0.3 is 19.3 Å². The molecule has 2 atom stereocenters.